The van der Waals surface area contributed by atoms with E-state index in [4.69, 9.17) is 4.74 Å². The number of esters is 1. The highest BCUT2D eigenvalue weighted by Gasteiger charge is 2.20. The zero-order valence-electron chi connectivity index (χ0n) is 50.5. The molecule has 6 nitrogen and oxygen atoms in total. The third kappa shape index (κ3) is 61.2. The average molecular weight is 1050 g/mol. The smallest absolute Gasteiger partial charge is 0.305 e. The number of unbranched alkanes of at least 4 members (excludes halogenated alkanes) is 46. The van der Waals surface area contributed by atoms with Gasteiger partial charge in [0.1, 0.15) is 0 Å². The standard InChI is InChI=1S/C69H131NO5/c1-3-5-7-9-11-13-14-43-47-51-55-59-63-69(74)75-64-60-56-52-48-44-41-39-37-35-33-31-29-27-25-23-21-19-17-15-16-18-20-22-24-26-28-30-32-34-36-38-40-42-46-50-54-58-62-68(73)70-66(65-71)67(72)61-57-53-49-45-12-10-8-6-4-2/h11,13,15,17,21,23,66-67,71-72H,3-10,12,14,16,18-20,22,24-65H2,1-2H3,(H,70,73)/b13-11-,17-15-,23-21-. The number of nitrogens with one attached hydrogen (secondary N) is 1. The molecule has 0 spiro atoms. The first kappa shape index (κ1) is 73.1. The third-order valence-corrected chi connectivity index (χ3v) is 15.7. The molecule has 0 aromatic carbocycles. The minimum absolute atomic E-state index is 0.00860. The molecule has 0 aromatic rings. The van der Waals surface area contributed by atoms with Crippen LogP contribution in [0.1, 0.15) is 367 Å². The summed E-state index contributed by atoms with van der Waals surface area (Å²) in [5, 5.41) is 23.1. The first-order valence-corrected chi connectivity index (χ1v) is 33.7. The second-order valence-corrected chi connectivity index (χ2v) is 23.1. The van der Waals surface area contributed by atoms with Crippen LogP contribution in [-0.2, 0) is 14.3 Å². The van der Waals surface area contributed by atoms with Crippen LogP contribution in [0.2, 0.25) is 0 Å². The highest BCUT2D eigenvalue weighted by molar-refractivity contribution is 5.76. The van der Waals surface area contributed by atoms with Crippen molar-refractivity contribution in [2.75, 3.05) is 13.2 Å². The van der Waals surface area contributed by atoms with E-state index < -0.39 is 12.1 Å². The molecule has 0 fully saturated rings. The molecule has 0 rings (SSSR count). The molecule has 0 saturated carbocycles. The van der Waals surface area contributed by atoms with Crippen LogP contribution < -0.4 is 5.32 Å². The maximum atomic E-state index is 12.4. The highest BCUT2D eigenvalue weighted by Crippen LogP contribution is 2.18. The summed E-state index contributed by atoms with van der Waals surface area (Å²) in [4.78, 5) is 24.4. The SMILES string of the molecule is CCCCC/C=C\CCCCCCCC(=O)OCCCCCCCCCCCCCCC/C=C\C/C=C\CCCCCCCCCCCCCCCCCCCC(=O)NC(CO)C(O)CCCCCCCCCCC. The topological polar surface area (TPSA) is 95.9 Å². The van der Waals surface area contributed by atoms with E-state index in [0.717, 1.165) is 51.4 Å². The van der Waals surface area contributed by atoms with Crippen LogP contribution in [0.3, 0.4) is 0 Å². The van der Waals surface area contributed by atoms with Crippen molar-refractivity contribution in [3.05, 3.63) is 36.5 Å². The van der Waals surface area contributed by atoms with Gasteiger partial charge in [-0.1, -0.05) is 307 Å². The van der Waals surface area contributed by atoms with E-state index in [0.29, 0.717) is 25.9 Å². The van der Waals surface area contributed by atoms with Crippen LogP contribution in [0.15, 0.2) is 36.5 Å². The fourth-order valence-corrected chi connectivity index (χ4v) is 10.5. The number of hydrogen-bond acceptors (Lipinski definition) is 5. The molecular weight excluding hydrogens is 923 g/mol. The Labute approximate surface area is 468 Å². The minimum atomic E-state index is -0.660. The molecule has 6 heteroatoms. The van der Waals surface area contributed by atoms with Gasteiger partial charge in [0.05, 0.1) is 25.4 Å². The van der Waals surface area contributed by atoms with E-state index in [1.807, 2.05) is 0 Å². The average Bonchev–Trinajstić information content (AvgIpc) is 3.41. The Hall–Kier alpha value is -1.92. The number of carbonyl (C=O) groups is 2. The lowest BCUT2D eigenvalue weighted by atomic mass is 10.0. The molecule has 0 aliphatic rings. The number of allylic oxidation sites excluding steroid dienone is 6. The lowest BCUT2D eigenvalue weighted by molar-refractivity contribution is -0.143. The van der Waals surface area contributed by atoms with Crippen molar-refractivity contribution in [2.24, 2.45) is 0 Å². The Balaban J connectivity index is 3.33. The van der Waals surface area contributed by atoms with Crippen LogP contribution in [-0.4, -0.2) is 47.4 Å². The molecule has 0 bridgehead atoms. The van der Waals surface area contributed by atoms with E-state index in [2.05, 4.69) is 55.6 Å². The largest absolute Gasteiger partial charge is 0.466 e. The molecule has 2 atom stereocenters. The van der Waals surface area contributed by atoms with Crippen molar-refractivity contribution in [1.29, 1.82) is 0 Å². The molecule has 0 aliphatic heterocycles. The molecular formula is C69H131NO5. The number of aliphatic hydroxyl groups excluding tert-OH is 2. The van der Waals surface area contributed by atoms with Crippen LogP contribution >= 0.6 is 0 Å². The van der Waals surface area contributed by atoms with Gasteiger partial charge in [0.2, 0.25) is 5.91 Å². The fourth-order valence-electron chi connectivity index (χ4n) is 10.5. The number of ether oxygens (including phenoxy) is 1. The van der Waals surface area contributed by atoms with Gasteiger partial charge in [-0.25, -0.2) is 0 Å². The van der Waals surface area contributed by atoms with E-state index in [1.165, 1.54) is 283 Å². The number of hydrogen-bond donors (Lipinski definition) is 3. The molecule has 0 aromatic heterocycles. The zero-order valence-corrected chi connectivity index (χ0v) is 50.5. The van der Waals surface area contributed by atoms with E-state index in [9.17, 15) is 19.8 Å². The summed E-state index contributed by atoms with van der Waals surface area (Å²) in [5.41, 5.74) is 0. The summed E-state index contributed by atoms with van der Waals surface area (Å²) in [6.45, 7) is 4.92. The van der Waals surface area contributed by atoms with Gasteiger partial charge in [-0.2, -0.15) is 0 Å². The molecule has 0 saturated heterocycles. The van der Waals surface area contributed by atoms with Gasteiger partial charge >= 0.3 is 5.97 Å². The zero-order chi connectivity index (χ0) is 54.3. The Kier molecular flexibility index (Phi) is 63.0. The van der Waals surface area contributed by atoms with Gasteiger partial charge in [-0.15, -0.1) is 0 Å². The summed E-state index contributed by atoms with van der Waals surface area (Å²) >= 11 is 0. The second-order valence-electron chi connectivity index (χ2n) is 23.1. The number of rotatable bonds is 63. The van der Waals surface area contributed by atoms with E-state index >= 15 is 0 Å². The molecule has 0 radical (unpaired) electrons. The second kappa shape index (κ2) is 64.6. The van der Waals surface area contributed by atoms with Crippen LogP contribution in [0, 0.1) is 0 Å². The maximum Gasteiger partial charge on any atom is 0.305 e. The van der Waals surface area contributed by atoms with Crippen molar-refractivity contribution in [2.45, 2.75) is 379 Å². The quantitative estimate of drug-likeness (QED) is 0.0320. The number of amides is 1. The van der Waals surface area contributed by atoms with Crippen molar-refractivity contribution in [3.63, 3.8) is 0 Å². The van der Waals surface area contributed by atoms with Crippen LogP contribution in [0.5, 0.6) is 0 Å². The predicted molar refractivity (Wildman–Crippen MR) is 329 cm³/mol. The normalized spacial score (nSPS) is 12.7. The van der Waals surface area contributed by atoms with Crippen molar-refractivity contribution < 1.29 is 24.5 Å². The van der Waals surface area contributed by atoms with Gasteiger partial charge < -0.3 is 20.3 Å². The van der Waals surface area contributed by atoms with Crippen molar-refractivity contribution in [3.8, 4) is 0 Å². The van der Waals surface area contributed by atoms with Gasteiger partial charge in [0, 0.05) is 12.8 Å². The predicted octanol–water partition coefficient (Wildman–Crippen LogP) is 21.5. The lowest BCUT2D eigenvalue weighted by Crippen LogP contribution is -2.45. The van der Waals surface area contributed by atoms with Gasteiger partial charge in [-0.3, -0.25) is 9.59 Å². The van der Waals surface area contributed by atoms with Crippen LogP contribution in [0.25, 0.3) is 0 Å². The molecule has 2 unspecified atom stereocenters. The molecule has 0 heterocycles. The van der Waals surface area contributed by atoms with Crippen molar-refractivity contribution in [1.82, 2.24) is 5.32 Å². The van der Waals surface area contributed by atoms with Gasteiger partial charge in [0.15, 0.2) is 0 Å². The highest BCUT2D eigenvalue weighted by atomic mass is 16.5. The monoisotopic (exact) mass is 1050 g/mol. The lowest BCUT2D eigenvalue weighted by Gasteiger charge is -2.22. The molecule has 442 valence electrons. The summed E-state index contributed by atoms with van der Waals surface area (Å²) in [6, 6.07) is -0.537. The summed E-state index contributed by atoms with van der Waals surface area (Å²) in [7, 11) is 0. The summed E-state index contributed by atoms with van der Waals surface area (Å²) in [5.74, 6) is -0.0249. The van der Waals surface area contributed by atoms with Gasteiger partial charge in [-0.05, 0) is 83.5 Å². The molecule has 75 heavy (non-hydrogen) atoms. The molecule has 1 amide bonds. The van der Waals surface area contributed by atoms with Crippen molar-refractivity contribution >= 4 is 11.9 Å². The number of carbonyl (C=O) groups excluding carboxylic acids is 2. The first-order chi connectivity index (χ1) is 37.0. The Bertz CT molecular complexity index is 1210. The first-order valence-electron chi connectivity index (χ1n) is 33.7. The van der Waals surface area contributed by atoms with E-state index in [-0.39, 0.29) is 18.5 Å². The maximum absolute atomic E-state index is 12.4. The Morgan fingerprint density at radius 2 is 0.667 bits per heavy atom. The Morgan fingerprint density at radius 3 is 1.05 bits per heavy atom. The third-order valence-electron chi connectivity index (χ3n) is 15.7. The summed E-state index contributed by atoms with van der Waals surface area (Å²) in [6.07, 6.45) is 82.1. The number of aliphatic hydroxyl groups is 2. The molecule has 0 aliphatic carbocycles. The minimum Gasteiger partial charge on any atom is -0.466 e. The van der Waals surface area contributed by atoms with Crippen LogP contribution in [0.4, 0.5) is 0 Å². The fraction of sp³-hybridized carbons (Fsp3) is 0.884. The molecule has 3 N–H and O–H groups in total. The van der Waals surface area contributed by atoms with Gasteiger partial charge in [0.25, 0.3) is 0 Å². The van der Waals surface area contributed by atoms with E-state index in [1.54, 1.807) is 0 Å². The Morgan fingerprint density at radius 1 is 0.373 bits per heavy atom. The summed E-state index contributed by atoms with van der Waals surface area (Å²) < 4.78 is 5.47.